The summed E-state index contributed by atoms with van der Waals surface area (Å²) < 4.78 is 11.4. The van der Waals surface area contributed by atoms with Crippen LogP contribution in [0.3, 0.4) is 0 Å². The quantitative estimate of drug-likeness (QED) is 0.706. The standard InChI is InChI=1S/C20H23N3O2/c1-14(23(2)12-15-9-10-24-13-15)19-21-22-20(25-19)18-8-7-16-5-3-4-6-17(16)11-18/h3-8,11,14-15H,9-10,12-13H2,1-2H3. The number of nitrogens with zero attached hydrogens (tertiary/aromatic N) is 3. The van der Waals surface area contributed by atoms with E-state index in [0.29, 0.717) is 17.7 Å². The van der Waals surface area contributed by atoms with E-state index in [1.54, 1.807) is 0 Å². The smallest absolute Gasteiger partial charge is 0.247 e. The molecule has 2 aromatic carbocycles. The molecule has 1 aliphatic heterocycles. The lowest BCUT2D eigenvalue weighted by atomic mass is 10.1. The van der Waals surface area contributed by atoms with Crippen molar-refractivity contribution in [2.75, 3.05) is 26.8 Å². The number of aromatic nitrogens is 2. The minimum Gasteiger partial charge on any atom is -0.419 e. The van der Waals surface area contributed by atoms with Gasteiger partial charge in [-0.25, -0.2) is 0 Å². The molecule has 0 saturated carbocycles. The molecule has 2 heterocycles. The zero-order valence-corrected chi connectivity index (χ0v) is 14.7. The van der Waals surface area contributed by atoms with Crippen molar-refractivity contribution in [2.24, 2.45) is 5.92 Å². The van der Waals surface area contributed by atoms with Crippen LogP contribution in [0, 0.1) is 5.92 Å². The second-order valence-corrected chi connectivity index (χ2v) is 6.85. The van der Waals surface area contributed by atoms with Crippen LogP contribution in [0.1, 0.15) is 25.3 Å². The molecule has 0 bridgehead atoms. The molecule has 0 N–H and O–H groups in total. The van der Waals surface area contributed by atoms with E-state index >= 15 is 0 Å². The largest absolute Gasteiger partial charge is 0.419 e. The Kier molecular flexibility index (Phi) is 4.51. The van der Waals surface area contributed by atoms with E-state index in [9.17, 15) is 0 Å². The van der Waals surface area contributed by atoms with Crippen molar-refractivity contribution in [1.29, 1.82) is 0 Å². The van der Waals surface area contributed by atoms with Crippen molar-refractivity contribution in [2.45, 2.75) is 19.4 Å². The van der Waals surface area contributed by atoms with Crippen LogP contribution in [0.2, 0.25) is 0 Å². The molecule has 5 heteroatoms. The molecular formula is C20H23N3O2. The molecule has 1 fully saturated rings. The summed E-state index contributed by atoms with van der Waals surface area (Å²) in [5.74, 6) is 1.82. The normalized spacial score (nSPS) is 18.9. The van der Waals surface area contributed by atoms with E-state index in [2.05, 4.69) is 53.3 Å². The number of benzene rings is 2. The van der Waals surface area contributed by atoms with Crippen molar-refractivity contribution in [1.82, 2.24) is 15.1 Å². The third-order valence-electron chi connectivity index (χ3n) is 5.03. The summed E-state index contributed by atoms with van der Waals surface area (Å²) in [4.78, 5) is 2.26. The summed E-state index contributed by atoms with van der Waals surface area (Å²) >= 11 is 0. The van der Waals surface area contributed by atoms with Crippen LogP contribution >= 0.6 is 0 Å². The van der Waals surface area contributed by atoms with Crippen LogP contribution in [-0.4, -0.2) is 41.9 Å². The van der Waals surface area contributed by atoms with E-state index in [-0.39, 0.29) is 6.04 Å². The molecule has 1 aliphatic rings. The third kappa shape index (κ3) is 3.43. The van der Waals surface area contributed by atoms with E-state index in [0.717, 1.165) is 31.7 Å². The second kappa shape index (κ2) is 6.94. The molecule has 5 nitrogen and oxygen atoms in total. The molecule has 2 unspecified atom stereocenters. The Morgan fingerprint density at radius 3 is 2.80 bits per heavy atom. The monoisotopic (exact) mass is 337 g/mol. The van der Waals surface area contributed by atoms with Crippen molar-refractivity contribution in [3.63, 3.8) is 0 Å². The van der Waals surface area contributed by atoms with Gasteiger partial charge in [0.05, 0.1) is 12.6 Å². The third-order valence-corrected chi connectivity index (χ3v) is 5.03. The van der Waals surface area contributed by atoms with E-state index in [1.165, 1.54) is 10.8 Å². The molecule has 3 aromatic rings. The van der Waals surface area contributed by atoms with Gasteiger partial charge in [0.15, 0.2) is 0 Å². The number of fused-ring (bicyclic) bond motifs is 1. The SMILES string of the molecule is CC(c1nnc(-c2ccc3ccccc3c2)o1)N(C)CC1CCOC1. The summed E-state index contributed by atoms with van der Waals surface area (Å²) in [6.07, 6.45) is 1.13. The van der Waals surface area contributed by atoms with Gasteiger partial charge in [0.1, 0.15) is 0 Å². The minimum atomic E-state index is 0.0855. The Hall–Kier alpha value is -2.24. The van der Waals surface area contributed by atoms with Crippen molar-refractivity contribution >= 4 is 10.8 Å². The summed E-state index contributed by atoms with van der Waals surface area (Å²) in [5.41, 5.74) is 0.955. The fourth-order valence-corrected chi connectivity index (χ4v) is 3.32. The Balaban J connectivity index is 1.51. The average Bonchev–Trinajstić information content (AvgIpc) is 3.32. The molecule has 0 amide bonds. The zero-order valence-electron chi connectivity index (χ0n) is 14.7. The Bertz CT molecular complexity index is 855. The molecule has 1 aromatic heterocycles. The average molecular weight is 337 g/mol. The van der Waals surface area contributed by atoms with Crippen molar-refractivity contribution in [3.05, 3.63) is 48.4 Å². The Labute approximate surface area is 147 Å². The van der Waals surface area contributed by atoms with Gasteiger partial charge in [0, 0.05) is 18.7 Å². The predicted molar refractivity (Wildman–Crippen MR) is 97.2 cm³/mol. The van der Waals surface area contributed by atoms with Gasteiger partial charge in [-0.3, -0.25) is 4.90 Å². The van der Waals surface area contributed by atoms with Gasteiger partial charge in [-0.15, -0.1) is 10.2 Å². The van der Waals surface area contributed by atoms with Crippen LogP contribution in [0.4, 0.5) is 0 Å². The summed E-state index contributed by atoms with van der Waals surface area (Å²) in [7, 11) is 2.10. The highest BCUT2D eigenvalue weighted by Gasteiger charge is 2.24. The van der Waals surface area contributed by atoms with Crippen LogP contribution in [0.15, 0.2) is 46.9 Å². The molecule has 2 atom stereocenters. The van der Waals surface area contributed by atoms with E-state index in [4.69, 9.17) is 9.15 Å². The lowest BCUT2D eigenvalue weighted by Crippen LogP contribution is -2.29. The van der Waals surface area contributed by atoms with Crippen LogP contribution < -0.4 is 0 Å². The van der Waals surface area contributed by atoms with Gasteiger partial charge in [0.2, 0.25) is 11.8 Å². The van der Waals surface area contributed by atoms with E-state index in [1.807, 2.05) is 18.2 Å². The molecule has 1 saturated heterocycles. The van der Waals surface area contributed by atoms with Crippen LogP contribution in [-0.2, 0) is 4.74 Å². The van der Waals surface area contributed by atoms with Gasteiger partial charge < -0.3 is 9.15 Å². The fourth-order valence-electron chi connectivity index (χ4n) is 3.32. The molecule has 25 heavy (non-hydrogen) atoms. The molecule has 0 aliphatic carbocycles. The summed E-state index contributed by atoms with van der Waals surface area (Å²) in [6.45, 7) is 4.81. The van der Waals surface area contributed by atoms with Gasteiger partial charge in [-0.1, -0.05) is 30.3 Å². The Morgan fingerprint density at radius 2 is 2.00 bits per heavy atom. The van der Waals surface area contributed by atoms with Crippen LogP contribution in [0.5, 0.6) is 0 Å². The zero-order chi connectivity index (χ0) is 17.2. The van der Waals surface area contributed by atoms with Crippen molar-refractivity contribution < 1.29 is 9.15 Å². The van der Waals surface area contributed by atoms with Gasteiger partial charge >= 0.3 is 0 Å². The molecule has 0 radical (unpaired) electrons. The first kappa shape index (κ1) is 16.2. The number of ether oxygens (including phenoxy) is 1. The number of hydrogen-bond acceptors (Lipinski definition) is 5. The first-order valence-electron chi connectivity index (χ1n) is 8.81. The molecule has 0 spiro atoms. The first-order chi connectivity index (χ1) is 12.2. The van der Waals surface area contributed by atoms with Gasteiger partial charge in [-0.05, 0) is 49.2 Å². The number of hydrogen-bond donors (Lipinski definition) is 0. The summed E-state index contributed by atoms with van der Waals surface area (Å²) in [6, 6.07) is 14.6. The second-order valence-electron chi connectivity index (χ2n) is 6.85. The first-order valence-corrected chi connectivity index (χ1v) is 8.81. The maximum Gasteiger partial charge on any atom is 0.247 e. The topological polar surface area (TPSA) is 51.4 Å². The minimum absolute atomic E-state index is 0.0855. The lowest BCUT2D eigenvalue weighted by molar-refractivity contribution is 0.156. The van der Waals surface area contributed by atoms with Crippen LogP contribution in [0.25, 0.3) is 22.2 Å². The summed E-state index contributed by atoms with van der Waals surface area (Å²) in [5, 5.41) is 10.9. The lowest BCUT2D eigenvalue weighted by Gasteiger charge is -2.24. The predicted octanol–water partition coefficient (Wildman–Crippen LogP) is 3.92. The highest BCUT2D eigenvalue weighted by molar-refractivity contribution is 5.86. The fraction of sp³-hybridized carbons (Fsp3) is 0.400. The highest BCUT2D eigenvalue weighted by Crippen LogP contribution is 2.27. The Morgan fingerprint density at radius 1 is 1.16 bits per heavy atom. The van der Waals surface area contributed by atoms with E-state index < -0.39 is 0 Å². The maximum atomic E-state index is 5.97. The molecular weight excluding hydrogens is 314 g/mol. The molecule has 4 rings (SSSR count). The molecule has 130 valence electrons. The van der Waals surface area contributed by atoms with Gasteiger partial charge in [0.25, 0.3) is 0 Å². The number of rotatable bonds is 5. The van der Waals surface area contributed by atoms with Crippen molar-refractivity contribution in [3.8, 4) is 11.5 Å². The van der Waals surface area contributed by atoms with Gasteiger partial charge in [-0.2, -0.15) is 0 Å². The highest BCUT2D eigenvalue weighted by atomic mass is 16.5. The maximum absolute atomic E-state index is 5.97.